The van der Waals surface area contributed by atoms with Crippen molar-refractivity contribution in [2.75, 3.05) is 0 Å². The van der Waals surface area contributed by atoms with Crippen LogP contribution in [0.1, 0.15) is 159 Å². The van der Waals surface area contributed by atoms with E-state index in [4.69, 9.17) is 0 Å². The molecule has 6 nitrogen and oxygen atoms in total. The summed E-state index contributed by atoms with van der Waals surface area (Å²) in [6.45, 7) is 17.8. The summed E-state index contributed by atoms with van der Waals surface area (Å²) in [6, 6.07) is 0. The van der Waals surface area contributed by atoms with Crippen molar-refractivity contribution in [3.05, 3.63) is 0 Å². The van der Waals surface area contributed by atoms with Gasteiger partial charge in [-0.25, -0.2) is 0 Å². The van der Waals surface area contributed by atoms with E-state index >= 15 is 0 Å². The van der Waals surface area contributed by atoms with Crippen LogP contribution in [0.15, 0.2) is 0 Å². The number of unbranched alkanes of at least 4 members (excludes halogenated alkanes) is 3. The van der Waals surface area contributed by atoms with E-state index in [1.807, 2.05) is 41.5 Å². The standard InChI is InChI=1S/3C10H20O2.Bi/c3*1-4-7-8-10(5-2,6-3)9(11)12;/h3*4-8H2,1-3H3,(H,11,12);/q;;;+3/p-3. The van der Waals surface area contributed by atoms with E-state index < -0.39 is 34.2 Å². The Morgan fingerprint density at radius 1 is 0.432 bits per heavy atom. The minimum absolute atomic E-state index is 0. The van der Waals surface area contributed by atoms with Gasteiger partial charge < -0.3 is 29.7 Å². The Labute approximate surface area is 247 Å². The van der Waals surface area contributed by atoms with Crippen molar-refractivity contribution in [2.24, 2.45) is 16.2 Å². The molecule has 0 heterocycles. The monoisotopic (exact) mass is 722 g/mol. The van der Waals surface area contributed by atoms with Gasteiger partial charge in [-0.2, -0.15) is 0 Å². The summed E-state index contributed by atoms with van der Waals surface area (Å²) < 4.78 is 0. The molecule has 0 rings (SSSR count). The number of carboxylic acid groups (broad SMARTS) is 3. The molecule has 2 radical (unpaired) electrons. The summed E-state index contributed by atoms with van der Waals surface area (Å²) in [5.74, 6) is -2.62. The van der Waals surface area contributed by atoms with Gasteiger partial charge >= 0.3 is 26.2 Å². The molecule has 0 aliphatic heterocycles. The molecule has 0 N–H and O–H groups in total. The molecule has 0 aliphatic rings. The first kappa shape index (κ1) is 43.3. The Bertz CT molecular complexity index is 498. The number of rotatable bonds is 18. The van der Waals surface area contributed by atoms with Crippen molar-refractivity contribution in [3.63, 3.8) is 0 Å². The van der Waals surface area contributed by atoms with Crippen LogP contribution in [0.25, 0.3) is 0 Å². The van der Waals surface area contributed by atoms with Gasteiger partial charge in [-0.05, 0) is 57.8 Å². The second kappa shape index (κ2) is 24.3. The van der Waals surface area contributed by atoms with Gasteiger partial charge in [0, 0.05) is 34.2 Å². The maximum Gasteiger partial charge on any atom is 3.00 e. The average molecular weight is 723 g/mol. The fourth-order valence-corrected chi connectivity index (χ4v) is 4.53. The molecule has 0 aromatic carbocycles. The number of aliphatic carboxylic acids is 3. The number of carbonyl (C=O) groups excluding carboxylic acids is 3. The minimum Gasteiger partial charge on any atom is -0.550 e. The second-order valence-electron chi connectivity index (χ2n) is 10.1. The minimum atomic E-state index is -0.874. The van der Waals surface area contributed by atoms with Gasteiger partial charge in [0.05, 0.1) is 0 Å². The van der Waals surface area contributed by atoms with Gasteiger partial charge in [0.15, 0.2) is 0 Å². The number of carbonyl (C=O) groups is 3. The Morgan fingerprint density at radius 2 is 0.595 bits per heavy atom. The van der Waals surface area contributed by atoms with E-state index in [0.717, 1.165) is 57.8 Å². The van der Waals surface area contributed by atoms with Gasteiger partial charge in [-0.1, -0.05) is 101 Å². The third-order valence-corrected chi connectivity index (χ3v) is 8.39. The third-order valence-electron chi connectivity index (χ3n) is 8.39. The normalized spacial score (nSPS) is 11.3. The van der Waals surface area contributed by atoms with Crippen molar-refractivity contribution in [2.45, 2.75) is 159 Å². The molecule has 0 aromatic heterocycles. The van der Waals surface area contributed by atoms with Crippen LogP contribution in [0.4, 0.5) is 0 Å². The van der Waals surface area contributed by atoms with Crippen LogP contribution in [0.3, 0.4) is 0 Å². The molecule has 218 valence electrons. The van der Waals surface area contributed by atoms with Gasteiger partial charge in [0.25, 0.3) is 0 Å². The van der Waals surface area contributed by atoms with Crippen LogP contribution in [-0.2, 0) is 14.4 Å². The maximum absolute atomic E-state index is 10.9. The van der Waals surface area contributed by atoms with Crippen LogP contribution in [0.5, 0.6) is 0 Å². The molecule has 0 fully saturated rings. The maximum atomic E-state index is 10.9. The molecule has 0 bridgehead atoms. The summed E-state index contributed by atoms with van der Waals surface area (Å²) >= 11 is 0. The fraction of sp³-hybridized carbons (Fsp3) is 0.900. The van der Waals surface area contributed by atoms with Gasteiger partial charge in [0.2, 0.25) is 0 Å². The summed E-state index contributed by atoms with van der Waals surface area (Å²) in [4.78, 5) is 32.6. The van der Waals surface area contributed by atoms with Crippen LogP contribution >= 0.6 is 0 Å². The van der Waals surface area contributed by atoms with E-state index in [9.17, 15) is 29.7 Å². The van der Waals surface area contributed by atoms with Crippen molar-refractivity contribution in [1.82, 2.24) is 0 Å². The van der Waals surface area contributed by atoms with Crippen LogP contribution < -0.4 is 15.3 Å². The molecule has 0 amide bonds. The van der Waals surface area contributed by atoms with E-state index in [1.165, 1.54) is 0 Å². The molecule has 0 aromatic rings. The largest absolute Gasteiger partial charge is 3.00 e. The second-order valence-corrected chi connectivity index (χ2v) is 10.1. The van der Waals surface area contributed by atoms with Crippen molar-refractivity contribution < 1.29 is 29.7 Å². The Kier molecular flexibility index (Phi) is 28.5. The van der Waals surface area contributed by atoms with E-state index in [0.29, 0.717) is 38.5 Å². The molecule has 0 saturated heterocycles. The van der Waals surface area contributed by atoms with Crippen molar-refractivity contribution >= 4 is 44.1 Å². The zero-order valence-corrected chi connectivity index (χ0v) is 29.0. The number of hydrogen-bond donors (Lipinski definition) is 0. The summed E-state index contributed by atoms with van der Waals surface area (Å²) in [5.41, 5.74) is -1.68. The topological polar surface area (TPSA) is 120 Å². The van der Waals surface area contributed by atoms with Crippen LogP contribution in [-0.4, -0.2) is 44.1 Å². The van der Waals surface area contributed by atoms with E-state index in [1.54, 1.807) is 0 Å². The number of hydrogen-bond acceptors (Lipinski definition) is 6. The molecule has 37 heavy (non-hydrogen) atoms. The Morgan fingerprint density at radius 3 is 0.676 bits per heavy atom. The summed E-state index contributed by atoms with van der Waals surface area (Å²) in [6.07, 6.45) is 12.5. The first-order chi connectivity index (χ1) is 16.9. The Hall–Kier alpha value is -0.707. The van der Waals surface area contributed by atoms with E-state index in [-0.39, 0.29) is 26.2 Å². The molecular formula is C30H57BiO6. The smallest absolute Gasteiger partial charge is 0.550 e. The first-order valence-electron chi connectivity index (χ1n) is 14.5. The molecule has 0 atom stereocenters. The molecule has 0 aliphatic carbocycles. The Balaban J connectivity index is -0.000000218. The van der Waals surface area contributed by atoms with Gasteiger partial charge in [0.1, 0.15) is 0 Å². The predicted molar refractivity (Wildman–Crippen MR) is 148 cm³/mol. The van der Waals surface area contributed by atoms with Crippen molar-refractivity contribution in [1.29, 1.82) is 0 Å². The SMILES string of the molecule is CCCCC(CC)(CC)C(=O)[O-].CCCCC(CC)(CC)C(=O)[O-].CCCCC(CC)(CC)C(=O)[O-].[Bi+3]. The van der Waals surface area contributed by atoms with Crippen LogP contribution in [0.2, 0.25) is 0 Å². The predicted octanol–water partition coefficient (Wildman–Crippen LogP) is 4.82. The van der Waals surface area contributed by atoms with Crippen molar-refractivity contribution in [3.8, 4) is 0 Å². The molecule has 0 spiro atoms. The van der Waals surface area contributed by atoms with Crippen LogP contribution in [0, 0.1) is 16.2 Å². The molecular weight excluding hydrogens is 665 g/mol. The van der Waals surface area contributed by atoms with E-state index in [2.05, 4.69) is 20.8 Å². The zero-order chi connectivity index (χ0) is 28.8. The zero-order valence-electron chi connectivity index (χ0n) is 25.5. The average Bonchev–Trinajstić information content (AvgIpc) is 2.87. The van der Waals surface area contributed by atoms with Gasteiger partial charge in [-0.3, -0.25) is 0 Å². The molecule has 0 unspecified atom stereocenters. The fourth-order valence-electron chi connectivity index (χ4n) is 4.53. The quantitative estimate of drug-likeness (QED) is 0.187. The summed E-state index contributed by atoms with van der Waals surface area (Å²) in [5, 5.41) is 32.6. The third kappa shape index (κ3) is 15.5. The first-order valence-corrected chi connectivity index (χ1v) is 14.5. The molecule has 7 heteroatoms. The molecule has 0 saturated carbocycles. The van der Waals surface area contributed by atoms with Gasteiger partial charge in [-0.15, -0.1) is 0 Å². The summed E-state index contributed by atoms with van der Waals surface area (Å²) in [7, 11) is 0. The number of carboxylic acids is 3.